The van der Waals surface area contributed by atoms with Gasteiger partial charge in [-0.05, 0) is 0 Å². The fourth-order valence-electron chi connectivity index (χ4n) is 0.482. The first-order valence-corrected chi connectivity index (χ1v) is 3.62. The number of allylic oxidation sites excluding steroid dienone is 2. The van der Waals surface area contributed by atoms with Crippen LogP contribution in [0.5, 0.6) is 0 Å². The number of nitrogens with zero attached hydrogens (tertiary/aromatic N) is 2. The van der Waals surface area contributed by atoms with Crippen molar-refractivity contribution in [3.63, 3.8) is 0 Å². The van der Waals surface area contributed by atoms with Gasteiger partial charge >= 0.3 is 0 Å². The van der Waals surface area contributed by atoms with E-state index in [1.807, 2.05) is 0 Å². The lowest BCUT2D eigenvalue weighted by molar-refractivity contribution is 1.35. The molecule has 12 heavy (non-hydrogen) atoms. The quantitative estimate of drug-likeness (QED) is 0.275. The fourth-order valence-corrected chi connectivity index (χ4v) is 0.806. The zero-order chi connectivity index (χ0) is 9.72. The SMILES string of the molecule is N#CC(=C(N)S)C(C#N)=C(N)S. The van der Waals surface area contributed by atoms with Crippen LogP contribution in [0.2, 0.25) is 0 Å². The van der Waals surface area contributed by atoms with E-state index in [4.69, 9.17) is 22.0 Å². The van der Waals surface area contributed by atoms with Crippen molar-refractivity contribution in [3.8, 4) is 12.1 Å². The largest absolute Gasteiger partial charge is 0.393 e. The van der Waals surface area contributed by atoms with Crippen molar-refractivity contribution < 1.29 is 0 Å². The molecule has 0 saturated heterocycles. The summed E-state index contributed by atoms with van der Waals surface area (Å²) in [5.41, 5.74) is 10.3. The van der Waals surface area contributed by atoms with Gasteiger partial charge in [0, 0.05) is 0 Å². The molecular formula is C6H6N4S2. The van der Waals surface area contributed by atoms with Gasteiger partial charge in [0.2, 0.25) is 0 Å². The first-order chi connectivity index (χ1) is 5.54. The summed E-state index contributed by atoms with van der Waals surface area (Å²) >= 11 is 7.44. The summed E-state index contributed by atoms with van der Waals surface area (Å²) in [5.74, 6) is 0. The van der Waals surface area contributed by atoms with Crippen molar-refractivity contribution in [2.75, 3.05) is 0 Å². The lowest BCUT2D eigenvalue weighted by atomic mass is 10.1. The van der Waals surface area contributed by atoms with Gasteiger partial charge in [-0.3, -0.25) is 0 Å². The first kappa shape index (κ1) is 10.8. The van der Waals surface area contributed by atoms with Crippen LogP contribution in [0.4, 0.5) is 0 Å². The molecule has 0 aliphatic heterocycles. The number of thiol groups is 2. The smallest absolute Gasteiger partial charge is 0.103 e. The molecule has 0 aliphatic carbocycles. The van der Waals surface area contributed by atoms with E-state index in [0.717, 1.165) is 0 Å². The maximum Gasteiger partial charge on any atom is 0.103 e. The number of rotatable bonds is 1. The minimum atomic E-state index is -0.0617. The van der Waals surface area contributed by atoms with Crippen molar-refractivity contribution in [2.45, 2.75) is 0 Å². The summed E-state index contributed by atoms with van der Waals surface area (Å²) in [4.78, 5) is 0. The Kier molecular flexibility index (Phi) is 4.12. The fraction of sp³-hybridized carbons (Fsp3) is 0. The Balaban J connectivity index is 5.36. The van der Waals surface area contributed by atoms with Crippen molar-refractivity contribution in [3.05, 3.63) is 21.2 Å². The highest BCUT2D eigenvalue weighted by atomic mass is 32.1. The van der Waals surface area contributed by atoms with Gasteiger partial charge in [-0.2, -0.15) is 10.5 Å². The number of nitrogens with two attached hydrogens (primary N) is 2. The molecule has 0 aromatic carbocycles. The summed E-state index contributed by atoms with van der Waals surface area (Å²) in [7, 11) is 0. The third-order valence-corrected chi connectivity index (χ3v) is 1.43. The van der Waals surface area contributed by atoms with Gasteiger partial charge in [0.15, 0.2) is 0 Å². The molecule has 4 N–H and O–H groups in total. The van der Waals surface area contributed by atoms with Crippen LogP contribution in [0.25, 0.3) is 0 Å². The predicted octanol–water partition coefficient (Wildman–Crippen LogP) is 0.234. The van der Waals surface area contributed by atoms with Gasteiger partial charge < -0.3 is 11.5 Å². The van der Waals surface area contributed by atoms with Crippen LogP contribution in [0.3, 0.4) is 0 Å². The summed E-state index contributed by atoms with van der Waals surface area (Å²) in [6.45, 7) is 0. The van der Waals surface area contributed by atoms with Crippen LogP contribution >= 0.6 is 25.3 Å². The Hall–Kier alpha value is -1.24. The van der Waals surface area contributed by atoms with E-state index in [2.05, 4.69) is 25.3 Å². The Bertz CT molecular complexity index is 286. The minimum Gasteiger partial charge on any atom is -0.393 e. The van der Waals surface area contributed by atoms with Gasteiger partial charge in [0.05, 0.1) is 10.1 Å². The minimum absolute atomic E-state index is 0.0500. The van der Waals surface area contributed by atoms with Crippen molar-refractivity contribution in [1.29, 1.82) is 10.5 Å². The van der Waals surface area contributed by atoms with Gasteiger partial charge in [0.1, 0.15) is 23.3 Å². The second-order valence-corrected chi connectivity index (χ2v) is 2.71. The topological polar surface area (TPSA) is 99.6 Å². The Labute approximate surface area is 81.0 Å². The van der Waals surface area contributed by atoms with Crippen LogP contribution in [-0.4, -0.2) is 0 Å². The molecule has 0 aromatic rings. The van der Waals surface area contributed by atoms with E-state index in [1.54, 1.807) is 12.1 Å². The first-order valence-electron chi connectivity index (χ1n) is 2.72. The van der Waals surface area contributed by atoms with E-state index in [9.17, 15) is 0 Å². The molecule has 0 unspecified atom stereocenters. The zero-order valence-electron chi connectivity index (χ0n) is 5.94. The molecule has 0 saturated carbocycles. The molecule has 62 valence electrons. The highest BCUT2D eigenvalue weighted by molar-refractivity contribution is 7.84. The van der Waals surface area contributed by atoms with E-state index < -0.39 is 0 Å². The molecule has 0 aromatic heterocycles. The molecule has 0 rings (SSSR count). The van der Waals surface area contributed by atoms with Gasteiger partial charge in [-0.15, -0.1) is 25.3 Å². The van der Waals surface area contributed by atoms with Crippen LogP contribution < -0.4 is 11.5 Å². The Morgan fingerprint density at radius 3 is 1.25 bits per heavy atom. The molecule has 0 bridgehead atoms. The molecular weight excluding hydrogens is 192 g/mol. The van der Waals surface area contributed by atoms with Crippen LogP contribution in [0, 0.1) is 22.7 Å². The molecule has 0 aliphatic rings. The summed E-state index contributed by atoms with van der Waals surface area (Å²) < 4.78 is 0. The predicted molar refractivity (Wildman–Crippen MR) is 51.6 cm³/mol. The average molecular weight is 198 g/mol. The number of hydrogen-bond acceptors (Lipinski definition) is 6. The maximum atomic E-state index is 8.54. The number of hydrogen-bond donors (Lipinski definition) is 4. The van der Waals surface area contributed by atoms with Crippen LogP contribution in [0.1, 0.15) is 0 Å². The standard InChI is InChI=1S/C6H6N4S2/c7-1-3(5(9)11)4(2-8)6(10)12/h11-12H,9-10H2. The molecule has 0 fully saturated rings. The molecule has 0 heterocycles. The Morgan fingerprint density at radius 1 is 0.917 bits per heavy atom. The van der Waals surface area contributed by atoms with E-state index in [1.165, 1.54) is 0 Å². The molecule has 0 radical (unpaired) electrons. The van der Waals surface area contributed by atoms with Crippen molar-refractivity contribution in [2.24, 2.45) is 11.5 Å². The highest BCUT2D eigenvalue weighted by Gasteiger charge is 2.09. The molecule has 0 spiro atoms. The highest BCUT2D eigenvalue weighted by Crippen LogP contribution is 2.16. The van der Waals surface area contributed by atoms with E-state index in [0.29, 0.717) is 0 Å². The maximum absolute atomic E-state index is 8.54. The lowest BCUT2D eigenvalue weighted by Crippen LogP contribution is -2.01. The number of nitriles is 2. The molecule has 6 heteroatoms. The summed E-state index contributed by atoms with van der Waals surface area (Å²) in [6.07, 6.45) is 0. The molecule has 0 amide bonds. The average Bonchev–Trinajstić information content (AvgIpc) is 1.98. The zero-order valence-corrected chi connectivity index (χ0v) is 7.73. The summed E-state index contributed by atoms with van der Waals surface area (Å²) in [5, 5.41) is 17.0. The third kappa shape index (κ3) is 2.42. The van der Waals surface area contributed by atoms with Crippen molar-refractivity contribution in [1.82, 2.24) is 0 Å². The van der Waals surface area contributed by atoms with Gasteiger partial charge in [-0.25, -0.2) is 0 Å². The Morgan fingerprint density at radius 2 is 1.17 bits per heavy atom. The van der Waals surface area contributed by atoms with Crippen molar-refractivity contribution >= 4 is 25.3 Å². The second-order valence-electron chi connectivity index (χ2n) is 1.74. The molecule has 4 nitrogen and oxygen atoms in total. The normalized spacial score (nSPS) is 13.7. The van der Waals surface area contributed by atoms with E-state index >= 15 is 0 Å². The van der Waals surface area contributed by atoms with Crippen LogP contribution in [-0.2, 0) is 0 Å². The van der Waals surface area contributed by atoms with Gasteiger partial charge in [0.25, 0.3) is 0 Å². The van der Waals surface area contributed by atoms with E-state index in [-0.39, 0.29) is 21.2 Å². The summed E-state index contributed by atoms with van der Waals surface area (Å²) in [6, 6.07) is 3.41. The third-order valence-electron chi connectivity index (χ3n) is 0.986. The lowest BCUT2D eigenvalue weighted by Gasteiger charge is -1.98. The monoisotopic (exact) mass is 198 g/mol. The second kappa shape index (κ2) is 4.60. The van der Waals surface area contributed by atoms with Crippen LogP contribution in [0.15, 0.2) is 21.2 Å². The molecule has 0 atom stereocenters. The van der Waals surface area contributed by atoms with Gasteiger partial charge in [-0.1, -0.05) is 0 Å².